The minimum absolute atomic E-state index is 0.0983. The molecule has 0 amide bonds. The Bertz CT molecular complexity index is 713. The van der Waals surface area contributed by atoms with E-state index < -0.39 is 0 Å². The van der Waals surface area contributed by atoms with Crippen LogP contribution in [0.1, 0.15) is 21.5 Å². The summed E-state index contributed by atoms with van der Waals surface area (Å²) in [7, 11) is 0. The van der Waals surface area contributed by atoms with Gasteiger partial charge in [0.1, 0.15) is 5.75 Å². The first-order chi connectivity index (χ1) is 9.56. The van der Waals surface area contributed by atoms with Crippen molar-refractivity contribution in [3.05, 3.63) is 61.0 Å². The minimum atomic E-state index is -0.0983. The lowest BCUT2D eigenvalue weighted by Crippen LogP contribution is -2.05. The van der Waals surface area contributed by atoms with Gasteiger partial charge in [0.25, 0.3) is 0 Å². The zero-order chi connectivity index (χ0) is 14.3. The molecule has 102 valence electrons. The van der Waals surface area contributed by atoms with Gasteiger partial charge >= 0.3 is 0 Å². The number of ether oxygens (including phenoxy) is 1. The lowest BCUT2D eigenvalue weighted by molar-refractivity contribution is 0.103. The fraction of sp³-hybridized carbons (Fsp3) is 0.133. The average Bonchev–Trinajstić information content (AvgIpc) is 2.87. The Hall–Kier alpha value is -0.840. The zero-order valence-corrected chi connectivity index (χ0v) is 14.2. The molecule has 0 N–H and O–H groups in total. The molecule has 0 aliphatic carbocycles. The van der Waals surface area contributed by atoms with Crippen molar-refractivity contribution in [2.45, 2.75) is 6.42 Å². The van der Waals surface area contributed by atoms with Crippen molar-refractivity contribution in [2.75, 3.05) is 6.61 Å². The summed E-state index contributed by atoms with van der Waals surface area (Å²) in [5.41, 5.74) is 2.16. The van der Waals surface area contributed by atoms with E-state index in [4.69, 9.17) is 16.3 Å². The van der Waals surface area contributed by atoms with Gasteiger partial charge < -0.3 is 4.74 Å². The summed E-state index contributed by atoms with van der Waals surface area (Å²) >= 11 is 12.8. The van der Waals surface area contributed by atoms with Crippen molar-refractivity contribution in [3.63, 3.8) is 0 Å². The van der Waals surface area contributed by atoms with E-state index in [0.717, 1.165) is 20.9 Å². The molecule has 5 heteroatoms. The third-order valence-electron chi connectivity index (χ3n) is 3.17. The molecule has 0 radical (unpaired) electrons. The number of carbonyl (C=O) groups is 1. The summed E-state index contributed by atoms with van der Waals surface area (Å²) in [5, 5.41) is 0.532. The van der Waals surface area contributed by atoms with Crippen LogP contribution in [0.15, 0.2) is 39.3 Å². The zero-order valence-electron chi connectivity index (χ0n) is 10.3. The van der Waals surface area contributed by atoms with Crippen molar-refractivity contribution in [2.24, 2.45) is 0 Å². The lowest BCUT2D eigenvalue weighted by atomic mass is 10.00. The molecule has 0 unspecified atom stereocenters. The number of ketones is 1. The van der Waals surface area contributed by atoms with Crippen molar-refractivity contribution >= 4 is 49.2 Å². The highest BCUT2D eigenvalue weighted by Crippen LogP contribution is 2.35. The maximum absolute atomic E-state index is 12.7. The van der Waals surface area contributed by atoms with Gasteiger partial charge in [0.05, 0.1) is 12.2 Å². The predicted molar refractivity (Wildman–Crippen MR) is 85.9 cm³/mol. The molecular formula is C15H9Br2ClO2. The van der Waals surface area contributed by atoms with Crippen LogP contribution in [-0.4, -0.2) is 12.4 Å². The Kier molecular flexibility index (Phi) is 3.89. The molecule has 0 aromatic heterocycles. The van der Waals surface area contributed by atoms with Gasteiger partial charge in [-0.15, -0.1) is 0 Å². The van der Waals surface area contributed by atoms with Crippen LogP contribution >= 0.6 is 43.5 Å². The van der Waals surface area contributed by atoms with Gasteiger partial charge in [-0.2, -0.15) is 0 Å². The smallest absolute Gasteiger partial charge is 0.197 e. The fourth-order valence-electron chi connectivity index (χ4n) is 2.25. The van der Waals surface area contributed by atoms with Gasteiger partial charge in [-0.3, -0.25) is 4.79 Å². The van der Waals surface area contributed by atoms with E-state index in [0.29, 0.717) is 28.5 Å². The summed E-state index contributed by atoms with van der Waals surface area (Å²) in [6, 6.07) is 8.96. The van der Waals surface area contributed by atoms with E-state index in [9.17, 15) is 4.79 Å². The molecule has 0 saturated heterocycles. The number of carbonyl (C=O) groups excluding carboxylic acids is 1. The van der Waals surface area contributed by atoms with Crippen LogP contribution in [0.2, 0.25) is 5.02 Å². The van der Waals surface area contributed by atoms with Crippen LogP contribution in [0.3, 0.4) is 0 Å². The summed E-state index contributed by atoms with van der Waals surface area (Å²) in [4.78, 5) is 12.7. The molecule has 1 heterocycles. The Morgan fingerprint density at radius 3 is 2.75 bits per heavy atom. The molecule has 3 rings (SSSR count). The highest BCUT2D eigenvalue weighted by molar-refractivity contribution is 9.10. The van der Waals surface area contributed by atoms with E-state index in [1.807, 2.05) is 6.07 Å². The van der Waals surface area contributed by atoms with Crippen molar-refractivity contribution in [1.29, 1.82) is 0 Å². The molecule has 0 saturated carbocycles. The minimum Gasteiger partial charge on any atom is -0.492 e. The summed E-state index contributed by atoms with van der Waals surface area (Å²) < 4.78 is 7.21. The summed E-state index contributed by atoms with van der Waals surface area (Å²) in [6.45, 7) is 0.614. The molecule has 2 nitrogen and oxygen atoms in total. The molecule has 2 aromatic carbocycles. The first-order valence-corrected chi connectivity index (χ1v) is 7.97. The topological polar surface area (TPSA) is 26.3 Å². The second kappa shape index (κ2) is 5.51. The lowest BCUT2D eigenvalue weighted by Gasteiger charge is -2.10. The Morgan fingerprint density at radius 1 is 1.15 bits per heavy atom. The maximum Gasteiger partial charge on any atom is 0.197 e. The van der Waals surface area contributed by atoms with Gasteiger partial charge in [0, 0.05) is 26.0 Å². The quantitative estimate of drug-likeness (QED) is 0.642. The molecule has 2 aromatic rings. The van der Waals surface area contributed by atoms with Crippen molar-refractivity contribution in [3.8, 4) is 5.75 Å². The Balaban J connectivity index is 2.14. The first kappa shape index (κ1) is 14.1. The number of fused-ring (bicyclic) bond motifs is 1. The van der Waals surface area contributed by atoms with E-state index >= 15 is 0 Å². The van der Waals surface area contributed by atoms with E-state index in [1.54, 1.807) is 24.3 Å². The Labute approximate surface area is 138 Å². The summed E-state index contributed by atoms with van der Waals surface area (Å²) in [5.74, 6) is 0.587. The maximum atomic E-state index is 12.7. The highest BCUT2D eigenvalue weighted by Gasteiger charge is 2.24. The van der Waals surface area contributed by atoms with Crippen LogP contribution in [0, 0.1) is 0 Å². The van der Waals surface area contributed by atoms with E-state index in [2.05, 4.69) is 31.9 Å². The van der Waals surface area contributed by atoms with E-state index in [1.165, 1.54) is 0 Å². The number of halogens is 3. The van der Waals surface area contributed by atoms with Crippen LogP contribution in [-0.2, 0) is 6.42 Å². The molecular weight excluding hydrogens is 407 g/mol. The molecule has 20 heavy (non-hydrogen) atoms. The molecule has 0 fully saturated rings. The normalized spacial score (nSPS) is 12.9. The second-order valence-corrected chi connectivity index (χ2v) is 6.70. The largest absolute Gasteiger partial charge is 0.492 e. The third-order valence-corrected chi connectivity index (χ3v) is 4.55. The molecule has 0 spiro atoms. The average molecular weight is 416 g/mol. The molecule has 0 bridgehead atoms. The first-order valence-electron chi connectivity index (χ1n) is 6.01. The third kappa shape index (κ3) is 2.52. The van der Waals surface area contributed by atoms with Gasteiger partial charge in [0.15, 0.2) is 5.78 Å². The van der Waals surface area contributed by atoms with Crippen LogP contribution < -0.4 is 4.74 Å². The predicted octanol–water partition coefficient (Wildman–Crippen LogP) is 5.03. The standard InChI is InChI=1S/C15H9Br2ClO2/c16-9-5-8-3-4-20-15(8)12(6-9)14(19)11-7-10(18)1-2-13(11)17/h1-2,5-7H,3-4H2. The van der Waals surface area contributed by atoms with Gasteiger partial charge in [-0.05, 0) is 35.9 Å². The highest BCUT2D eigenvalue weighted by atomic mass is 79.9. The van der Waals surface area contributed by atoms with Gasteiger partial charge in [0.2, 0.25) is 0 Å². The summed E-state index contributed by atoms with van der Waals surface area (Å²) in [6.07, 6.45) is 0.825. The van der Waals surface area contributed by atoms with Gasteiger partial charge in [-0.1, -0.05) is 43.5 Å². The molecule has 1 aliphatic heterocycles. The van der Waals surface area contributed by atoms with Crippen LogP contribution in [0.4, 0.5) is 0 Å². The fourth-order valence-corrected chi connectivity index (χ4v) is 3.36. The SMILES string of the molecule is O=C(c1cc(Cl)ccc1Br)c1cc(Br)cc2c1OCC2. The van der Waals surface area contributed by atoms with Crippen molar-refractivity contribution < 1.29 is 9.53 Å². The number of rotatable bonds is 2. The van der Waals surface area contributed by atoms with Crippen molar-refractivity contribution in [1.82, 2.24) is 0 Å². The number of benzene rings is 2. The molecule has 0 atom stereocenters. The number of hydrogen-bond acceptors (Lipinski definition) is 2. The van der Waals surface area contributed by atoms with E-state index in [-0.39, 0.29) is 5.78 Å². The number of hydrogen-bond donors (Lipinski definition) is 0. The second-order valence-electron chi connectivity index (χ2n) is 4.49. The van der Waals surface area contributed by atoms with Crippen LogP contribution in [0.25, 0.3) is 0 Å². The monoisotopic (exact) mass is 414 g/mol. The molecule has 1 aliphatic rings. The van der Waals surface area contributed by atoms with Gasteiger partial charge in [-0.25, -0.2) is 0 Å². The van der Waals surface area contributed by atoms with Crippen LogP contribution in [0.5, 0.6) is 5.75 Å². The Morgan fingerprint density at radius 2 is 1.95 bits per heavy atom.